The van der Waals surface area contributed by atoms with E-state index in [0.29, 0.717) is 22.1 Å². The molecule has 0 aliphatic rings. The molecule has 0 atom stereocenters. The van der Waals surface area contributed by atoms with Crippen LogP contribution in [0.15, 0.2) is 17.5 Å². The molecular formula is C11H9N5O2S2. The zero-order valence-corrected chi connectivity index (χ0v) is 11.9. The van der Waals surface area contributed by atoms with Gasteiger partial charge in [0, 0.05) is 17.1 Å². The Morgan fingerprint density at radius 1 is 1.45 bits per heavy atom. The number of hydrogen-bond donors (Lipinski definition) is 2. The summed E-state index contributed by atoms with van der Waals surface area (Å²) in [6.07, 6.45) is 0. The molecule has 0 spiro atoms. The first-order chi connectivity index (χ1) is 9.67. The fourth-order valence-corrected chi connectivity index (χ4v) is 3.02. The third kappa shape index (κ3) is 2.28. The van der Waals surface area contributed by atoms with E-state index in [1.165, 1.54) is 11.3 Å². The molecule has 2 aromatic heterocycles. The summed E-state index contributed by atoms with van der Waals surface area (Å²) in [6.45, 7) is 0. The van der Waals surface area contributed by atoms with Gasteiger partial charge in [0.05, 0.1) is 11.8 Å². The Bertz CT molecular complexity index is 769. The van der Waals surface area contributed by atoms with E-state index in [-0.39, 0.29) is 11.6 Å². The van der Waals surface area contributed by atoms with Gasteiger partial charge in [-0.05, 0) is 17.6 Å². The van der Waals surface area contributed by atoms with Gasteiger partial charge >= 0.3 is 0 Å². The lowest BCUT2D eigenvalue weighted by molar-refractivity contribution is 0.102. The van der Waals surface area contributed by atoms with Gasteiger partial charge in [0.15, 0.2) is 10.8 Å². The van der Waals surface area contributed by atoms with Crippen LogP contribution in [0.3, 0.4) is 0 Å². The monoisotopic (exact) mass is 307 g/mol. The summed E-state index contributed by atoms with van der Waals surface area (Å²) in [5, 5.41) is 8.41. The second-order valence-electron chi connectivity index (χ2n) is 3.83. The van der Waals surface area contributed by atoms with Gasteiger partial charge in [0.1, 0.15) is 11.3 Å². The largest absolute Gasteiger partial charge is 0.494 e. The van der Waals surface area contributed by atoms with Crippen LogP contribution in [-0.4, -0.2) is 27.6 Å². The number of nitrogens with zero attached hydrogens (tertiary/aromatic N) is 3. The van der Waals surface area contributed by atoms with Crippen LogP contribution in [0, 0.1) is 0 Å². The number of ether oxygens (including phenoxy) is 1. The molecule has 20 heavy (non-hydrogen) atoms. The SMILES string of the molecule is COc1cc(N)cc2sc(NC(=O)c3csnn3)nc12. The summed E-state index contributed by atoms with van der Waals surface area (Å²) >= 11 is 2.43. The summed E-state index contributed by atoms with van der Waals surface area (Å²) < 4.78 is 9.71. The van der Waals surface area contributed by atoms with Crippen molar-refractivity contribution in [1.29, 1.82) is 0 Å². The molecule has 0 bridgehead atoms. The van der Waals surface area contributed by atoms with Gasteiger partial charge < -0.3 is 10.5 Å². The zero-order chi connectivity index (χ0) is 14.1. The average molecular weight is 307 g/mol. The second-order valence-corrected chi connectivity index (χ2v) is 5.47. The van der Waals surface area contributed by atoms with Crippen LogP contribution in [0.4, 0.5) is 10.8 Å². The van der Waals surface area contributed by atoms with Crippen LogP contribution in [0.1, 0.15) is 10.5 Å². The molecular weight excluding hydrogens is 298 g/mol. The molecule has 0 saturated heterocycles. The first-order valence-corrected chi connectivity index (χ1v) is 7.15. The van der Waals surface area contributed by atoms with Crippen molar-refractivity contribution < 1.29 is 9.53 Å². The van der Waals surface area contributed by atoms with Gasteiger partial charge in [0.2, 0.25) is 0 Å². The molecule has 1 amide bonds. The molecule has 0 aliphatic heterocycles. The standard InChI is InChI=1S/C11H9N5O2S2/c1-18-7-2-5(12)3-8-9(7)13-11(20-8)14-10(17)6-4-19-16-15-6/h2-4H,12H2,1H3,(H,13,14,17). The van der Waals surface area contributed by atoms with Crippen LogP contribution < -0.4 is 15.8 Å². The van der Waals surface area contributed by atoms with Crippen molar-refractivity contribution in [3.05, 3.63) is 23.2 Å². The zero-order valence-electron chi connectivity index (χ0n) is 10.3. The first-order valence-electron chi connectivity index (χ1n) is 5.50. The predicted octanol–water partition coefficient (Wildman–Crippen LogP) is 1.99. The van der Waals surface area contributed by atoms with Crippen molar-refractivity contribution in [2.75, 3.05) is 18.2 Å². The van der Waals surface area contributed by atoms with E-state index in [0.717, 1.165) is 16.2 Å². The third-order valence-electron chi connectivity index (χ3n) is 2.52. The first kappa shape index (κ1) is 12.8. The van der Waals surface area contributed by atoms with Gasteiger partial charge in [-0.1, -0.05) is 15.8 Å². The Morgan fingerprint density at radius 2 is 2.30 bits per heavy atom. The maximum Gasteiger partial charge on any atom is 0.278 e. The number of benzene rings is 1. The number of carbonyl (C=O) groups excluding carboxylic acids is 1. The molecule has 0 radical (unpaired) electrons. The normalized spacial score (nSPS) is 10.7. The summed E-state index contributed by atoms with van der Waals surface area (Å²) in [6, 6.07) is 3.48. The Kier molecular flexibility index (Phi) is 3.20. The van der Waals surface area contributed by atoms with Crippen LogP contribution in [0.2, 0.25) is 0 Å². The maximum atomic E-state index is 11.9. The van der Waals surface area contributed by atoms with Crippen LogP contribution in [-0.2, 0) is 0 Å². The van der Waals surface area contributed by atoms with Gasteiger partial charge in [-0.2, -0.15) is 0 Å². The summed E-state index contributed by atoms with van der Waals surface area (Å²) in [5.74, 6) is 0.233. The number of hydrogen-bond acceptors (Lipinski definition) is 8. The minimum absolute atomic E-state index is 0.265. The van der Waals surface area contributed by atoms with Crippen molar-refractivity contribution in [1.82, 2.24) is 14.6 Å². The molecule has 0 fully saturated rings. The Labute approximate surface area is 121 Å². The molecule has 3 N–H and O–H groups in total. The van der Waals surface area contributed by atoms with Crippen LogP contribution in [0.25, 0.3) is 10.2 Å². The minimum Gasteiger partial charge on any atom is -0.494 e. The number of thiazole rings is 1. The minimum atomic E-state index is -0.343. The van der Waals surface area contributed by atoms with E-state index >= 15 is 0 Å². The molecule has 1 aromatic carbocycles. The quantitative estimate of drug-likeness (QED) is 0.717. The molecule has 2 heterocycles. The highest BCUT2D eigenvalue weighted by molar-refractivity contribution is 7.22. The highest BCUT2D eigenvalue weighted by Crippen LogP contribution is 2.34. The molecule has 9 heteroatoms. The second kappa shape index (κ2) is 5.02. The van der Waals surface area contributed by atoms with Crippen molar-refractivity contribution in [3.63, 3.8) is 0 Å². The lowest BCUT2D eigenvalue weighted by Crippen LogP contribution is -2.11. The highest BCUT2D eigenvalue weighted by atomic mass is 32.1. The number of rotatable bonds is 3. The van der Waals surface area contributed by atoms with Gasteiger partial charge in [-0.15, -0.1) is 5.10 Å². The van der Waals surface area contributed by atoms with E-state index in [2.05, 4.69) is 19.9 Å². The van der Waals surface area contributed by atoms with Gasteiger partial charge in [0.25, 0.3) is 5.91 Å². The Hall–Kier alpha value is -2.26. The summed E-state index contributed by atoms with van der Waals surface area (Å²) in [4.78, 5) is 16.2. The summed E-state index contributed by atoms with van der Waals surface area (Å²) in [5.41, 5.74) is 7.30. The van der Waals surface area contributed by atoms with Crippen LogP contribution in [0.5, 0.6) is 5.75 Å². The number of methoxy groups -OCH3 is 1. The average Bonchev–Trinajstić information content (AvgIpc) is 3.05. The van der Waals surface area contributed by atoms with Gasteiger partial charge in [-0.25, -0.2) is 4.98 Å². The Morgan fingerprint density at radius 3 is 3.00 bits per heavy atom. The molecule has 7 nitrogen and oxygen atoms in total. The number of nitrogens with one attached hydrogen (secondary N) is 1. The van der Waals surface area contributed by atoms with E-state index in [4.69, 9.17) is 10.5 Å². The van der Waals surface area contributed by atoms with E-state index in [1.807, 2.05) is 0 Å². The van der Waals surface area contributed by atoms with E-state index in [9.17, 15) is 4.79 Å². The van der Waals surface area contributed by atoms with E-state index < -0.39 is 0 Å². The van der Waals surface area contributed by atoms with Crippen molar-refractivity contribution in [2.24, 2.45) is 0 Å². The fraction of sp³-hybridized carbons (Fsp3) is 0.0909. The van der Waals surface area contributed by atoms with Crippen molar-refractivity contribution in [2.45, 2.75) is 0 Å². The molecule has 0 unspecified atom stereocenters. The third-order valence-corrected chi connectivity index (χ3v) is 3.94. The number of carbonyl (C=O) groups is 1. The van der Waals surface area contributed by atoms with Gasteiger partial charge in [-0.3, -0.25) is 10.1 Å². The number of nitrogens with two attached hydrogens (primary N) is 1. The maximum absolute atomic E-state index is 11.9. The topological polar surface area (TPSA) is 103 Å². The summed E-state index contributed by atoms with van der Waals surface area (Å²) in [7, 11) is 1.55. The van der Waals surface area contributed by atoms with Crippen molar-refractivity contribution >= 4 is 49.8 Å². The number of anilines is 2. The number of aromatic nitrogens is 3. The van der Waals surface area contributed by atoms with E-state index in [1.54, 1.807) is 24.6 Å². The molecule has 102 valence electrons. The number of nitrogen functional groups attached to an aromatic ring is 1. The predicted molar refractivity (Wildman–Crippen MR) is 78.4 cm³/mol. The molecule has 3 rings (SSSR count). The van der Waals surface area contributed by atoms with Crippen molar-refractivity contribution in [3.8, 4) is 5.75 Å². The molecule has 0 saturated carbocycles. The fourth-order valence-electron chi connectivity index (χ4n) is 1.65. The molecule has 0 aliphatic carbocycles. The molecule has 3 aromatic rings. The highest BCUT2D eigenvalue weighted by Gasteiger charge is 2.14. The smallest absolute Gasteiger partial charge is 0.278 e. The van der Waals surface area contributed by atoms with Crippen LogP contribution >= 0.6 is 22.9 Å². The Balaban J connectivity index is 1.95. The lowest BCUT2D eigenvalue weighted by atomic mass is 10.3. The number of amides is 1. The number of fused-ring (bicyclic) bond motifs is 1. The lowest BCUT2D eigenvalue weighted by Gasteiger charge is -2.01.